The molecule has 3 amide bonds. The lowest BCUT2D eigenvalue weighted by Gasteiger charge is -2.36. The smallest absolute Gasteiger partial charge is 0.322 e. The topological polar surface area (TPSA) is 102 Å². The number of nitrogens with one attached hydrogen (secondary N) is 1. The third-order valence-electron chi connectivity index (χ3n) is 6.06. The van der Waals surface area contributed by atoms with E-state index in [0.29, 0.717) is 63.1 Å². The number of aryl methyl sites for hydroxylation is 1. The average Bonchev–Trinajstić information content (AvgIpc) is 3.33. The van der Waals surface area contributed by atoms with E-state index in [1.54, 1.807) is 15.8 Å². The molecule has 3 heterocycles. The molecule has 178 valence electrons. The minimum atomic E-state index is -0.117. The van der Waals surface area contributed by atoms with Crippen LogP contribution in [0.4, 0.5) is 10.5 Å². The summed E-state index contributed by atoms with van der Waals surface area (Å²) in [5.41, 5.74) is 1.03. The number of carbonyl (C=O) groups is 2. The van der Waals surface area contributed by atoms with Crippen LogP contribution in [0.3, 0.4) is 0 Å². The Kier molecular flexibility index (Phi) is 7.77. The third-order valence-corrected chi connectivity index (χ3v) is 6.06. The molecular weight excluding hydrogens is 424 g/mol. The van der Waals surface area contributed by atoms with E-state index in [2.05, 4.69) is 15.6 Å². The Morgan fingerprint density at radius 1 is 1.18 bits per heavy atom. The molecule has 2 aliphatic rings. The summed E-state index contributed by atoms with van der Waals surface area (Å²) in [6.45, 7) is 6.01. The summed E-state index contributed by atoms with van der Waals surface area (Å²) in [5.74, 6) is 0.554. The van der Waals surface area contributed by atoms with E-state index in [1.807, 2.05) is 36.1 Å². The maximum Gasteiger partial charge on any atom is 0.322 e. The second kappa shape index (κ2) is 11.1. The van der Waals surface area contributed by atoms with Crippen LogP contribution in [0.5, 0.6) is 5.75 Å². The Labute approximate surface area is 193 Å². The summed E-state index contributed by atoms with van der Waals surface area (Å²) >= 11 is 0. The fourth-order valence-electron chi connectivity index (χ4n) is 4.32. The van der Waals surface area contributed by atoms with Crippen molar-refractivity contribution in [2.45, 2.75) is 45.2 Å². The first-order valence-electron chi connectivity index (χ1n) is 11.7. The number of ether oxygens (including phenoxy) is 2. The number of carbonyl (C=O) groups excluding carboxylic acids is 2. The molecule has 1 unspecified atom stereocenters. The SMILES string of the molecule is CCOc1ccccc1NC(=O)N1CCCCC1CCn1cc(C(=O)N2CCOCC2)nn1. The van der Waals surface area contributed by atoms with E-state index in [4.69, 9.17) is 9.47 Å². The van der Waals surface area contributed by atoms with Gasteiger partial charge < -0.3 is 24.6 Å². The molecule has 10 heteroatoms. The van der Waals surface area contributed by atoms with Gasteiger partial charge in [0.15, 0.2) is 5.69 Å². The van der Waals surface area contributed by atoms with Gasteiger partial charge in [0, 0.05) is 32.2 Å². The number of hydrogen-bond acceptors (Lipinski definition) is 6. The van der Waals surface area contributed by atoms with Crippen molar-refractivity contribution in [3.05, 3.63) is 36.2 Å². The molecule has 0 bridgehead atoms. The fraction of sp³-hybridized carbons (Fsp3) is 0.565. The number of amides is 3. The number of rotatable bonds is 7. The Morgan fingerprint density at radius 3 is 2.82 bits per heavy atom. The van der Waals surface area contributed by atoms with Crippen LogP contribution in [0.2, 0.25) is 0 Å². The van der Waals surface area contributed by atoms with Gasteiger partial charge >= 0.3 is 6.03 Å². The molecule has 0 radical (unpaired) electrons. The molecule has 0 aliphatic carbocycles. The highest BCUT2D eigenvalue weighted by atomic mass is 16.5. The van der Waals surface area contributed by atoms with Crippen molar-refractivity contribution in [1.29, 1.82) is 0 Å². The molecule has 2 fully saturated rings. The first kappa shape index (κ1) is 23.0. The van der Waals surface area contributed by atoms with Gasteiger partial charge in [-0.25, -0.2) is 4.79 Å². The number of urea groups is 1. The van der Waals surface area contributed by atoms with E-state index in [1.165, 1.54) is 0 Å². The summed E-state index contributed by atoms with van der Waals surface area (Å²) in [6.07, 6.45) is 5.45. The number of para-hydroxylation sites is 2. The van der Waals surface area contributed by atoms with Gasteiger partial charge in [-0.05, 0) is 44.7 Å². The monoisotopic (exact) mass is 456 g/mol. The molecule has 2 saturated heterocycles. The second-order valence-corrected chi connectivity index (χ2v) is 8.26. The van der Waals surface area contributed by atoms with Crippen LogP contribution in [0.15, 0.2) is 30.5 Å². The number of likely N-dealkylation sites (tertiary alicyclic amines) is 1. The Hall–Kier alpha value is -3.14. The number of nitrogens with zero attached hydrogens (tertiary/aromatic N) is 5. The van der Waals surface area contributed by atoms with E-state index in [-0.39, 0.29) is 18.0 Å². The van der Waals surface area contributed by atoms with Crippen LogP contribution in [-0.4, -0.2) is 82.2 Å². The molecule has 2 aliphatic heterocycles. The first-order valence-corrected chi connectivity index (χ1v) is 11.7. The Balaban J connectivity index is 1.35. The zero-order chi connectivity index (χ0) is 23.0. The van der Waals surface area contributed by atoms with Crippen LogP contribution < -0.4 is 10.1 Å². The molecule has 2 aromatic rings. The van der Waals surface area contributed by atoms with Gasteiger partial charge in [0.1, 0.15) is 5.75 Å². The Bertz CT molecular complexity index is 943. The Morgan fingerprint density at radius 2 is 2.00 bits per heavy atom. The first-order chi connectivity index (χ1) is 16.2. The van der Waals surface area contributed by atoms with Gasteiger partial charge in [-0.2, -0.15) is 0 Å². The summed E-state index contributed by atoms with van der Waals surface area (Å²) in [6, 6.07) is 7.46. The summed E-state index contributed by atoms with van der Waals surface area (Å²) < 4.78 is 12.6. The van der Waals surface area contributed by atoms with Crippen LogP contribution in [-0.2, 0) is 11.3 Å². The normalized spacial score (nSPS) is 18.8. The molecule has 10 nitrogen and oxygen atoms in total. The molecule has 4 rings (SSSR count). The predicted octanol–water partition coefficient (Wildman–Crippen LogP) is 2.63. The van der Waals surface area contributed by atoms with E-state index < -0.39 is 0 Å². The number of anilines is 1. The highest BCUT2D eigenvalue weighted by molar-refractivity contribution is 5.92. The highest BCUT2D eigenvalue weighted by Crippen LogP contribution is 2.26. The van der Waals surface area contributed by atoms with Crippen molar-refractivity contribution < 1.29 is 19.1 Å². The minimum absolute atomic E-state index is 0.0978. The molecule has 0 saturated carbocycles. The molecular formula is C23H32N6O4. The lowest BCUT2D eigenvalue weighted by molar-refractivity contribution is 0.0299. The lowest BCUT2D eigenvalue weighted by Crippen LogP contribution is -2.46. The van der Waals surface area contributed by atoms with Crippen molar-refractivity contribution in [3.63, 3.8) is 0 Å². The molecule has 1 aromatic carbocycles. The van der Waals surface area contributed by atoms with Gasteiger partial charge in [0.05, 0.1) is 31.7 Å². The van der Waals surface area contributed by atoms with Crippen molar-refractivity contribution in [2.75, 3.05) is 44.8 Å². The standard InChI is InChI=1S/C23H32N6O4/c1-2-33-21-9-4-3-8-19(21)24-23(31)29-11-6-5-7-18(29)10-12-28-17-20(25-26-28)22(30)27-13-15-32-16-14-27/h3-4,8-9,17-18H,2,5-7,10-16H2,1H3,(H,24,31). The van der Waals surface area contributed by atoms with Gasteiger partial charge in [0.2, 0.25) is 0 Å². The number of aromatic nitrogens is 3. The van der Waals surface area contributed by atoms with E-state index >= 15 is 0 Å². The average molecular weight is 457 g/mol. The van der Waals surface area contributed by atoms with Crippen molar-refractivity contribution in [1.82, 2.24) is 24.8 Å². The number of piperidine rings is 1. The van der Waals surface area contributed by atoms with Gasteiger partial charge in [0.25, 0.3) is 5.91 Å². The number of morpholine rings is 1. The fourth-order valence-corrected chi connectivity index (χ4v) is 4.32. The molecule has 1 atom stereocenters. The third kappa shape index (κ3) is 5.81. The van der Waals surface area contributed by atoms with Crippen molar-refractivity contribution in [3.8, 4) is 5.75 Å². The maximum absolute atomic E-state index is 13.1. The molecule has 33 heavy (non-hydrogen) atoms. The number of benzene rings is 1. The van der Waals surface area contributed by atoms with Crippen molar-refractivity contribution >= 4 is 17.6 Å². The van der Waals surface area contributed by atoms with Gasteiger partial charge in [-0.15, -0.1) is 5.10 Å². The molecule has 0 spiro atoms. The van der Waals surface area contributed by atoms with E-state index in [0.717, 1.165) is 25.7 Å². The lowest BCUT2D eigenvalue weighted by atomic mass is 10.00. The zero-order valence-corrected chi connectivity index (χ0v) is 19.1. The maximum atomic E-state index is 13.1. The molecule has 1 N–H and O–H groups in total. The zero-order valence-electron chi connectivity index (χ0n) is 19.1. The quantitative estimate of drug-likeness (QED) is 0.687. The van der Waals surface area contributed by atoms with Crippen LogP contribution in [0, 0.1) is 0 Å². The van der Waals surface area contributed by atoms with Crippen LogP contribution in [0.1, 0.15) is 43.1 Å². The largest absolute Gasteiger partial charge is 0.492 e. The summed E-state index contributed by atoms with van der Waals surface area (Å²) in [4.78, 5) is 29.3. The van der Waals surface area contributed by atoms with Crippen LogP contribution >= 0.6 is 0 Å². The predicted molar refractivity (Wildman–Crippen MR) is 122 cm³/mol. The summed E-state index contributed by atoms with van der Waals surface area (Å²) in [5, 5.41) is 11.2. The van der Waals surface area contributed by atoms with Gasteiger partial charge in [-0.1, -0.05) is 17.3 Å². The highest BCUT2D eigenvalue weighted by Gasteiger charge is 2.27. The summed E-state index contributed by atoms with van der Waals surface area (Å²) in [7, 11) is 0. The van der Waals surface area contributed by atoms with Crippen molar-refractivity contribution in [2.24, 2.45) is 0 Å². The van der Waals surface area contributed by atoms with Crippen LogP contribution in [0.25, 0.3) is 0 Å². The second-order valence-electron chi connectivity index (χ2n) is 8.26. The van der Waals surface area contributed by atoms with E-state index in [9.17, 15) is 9.59 Å². The van der Waals surface area contributed by atoms with Gasteiger partial charge in [-0.3, -0.25) is 9.48 Å². The minimum Gasteiger partial charge on any atom is -0.492 e. The molecule has 1 aromatic heterocycles. The number of hydrogen-bond donors (Lipinski definition) is 1.